The molecule has 1 heterocycles. The molecule has 0 bridgehead atoms. The molecule has 0 aromatic carbocycles. The quantitative estimate of drug-likeness (QED) is 0.674. The van der Waals surface area contributed by atoms with Crippen LogP contribution in [0.25, 0.3) is 0 Å². The van der Waals surface area contributed by atoms with Crippen molar-refractivity contribution < 1.29 is 9.47 Å². The van der Waals surface area contributed by atoms with Crippen LogP contribution in [-0.4, -0.2) is 38.5 Å². The van der Waals surface area contributed by atoms with Crippen molar-refractivity contribution in [1.29, 1.82) is 5.26 Å². The highest BCUT2D eigenvalue weighted by atomic mass is 16.5. The molecule has 0 unspecified atom stereocenters. The first kappa shape index (κ1) is 13.2. The van der Waals surface area contributed by atoms with Gasteiger partial charge >= 0.3 is 0 Å². The Kier molecular flexibility index (Phi) is 5.79. The van der Waals surface area contributed by atoms with E-state index in [9.17, 15) is 0 Å². The number of rotatable bonds is 7. The zero-order valence-electron chi connectivity index (χ0n) is 9.77. The van der Waals surface area contributed by atoms with Crippen LogP contribution in [0.4, 0.5) is 11.5 Å². The largest absolute Gasteiger partial charge is 0.396 e. The lowest BCUT2D eigenvalue weighted by molar-refractivity contribution is 0.0759. The normalized spacial score (nSPS) is 9.88. The van der Waals surface area contributed by atoms with Crippen LogP contribution in [0.3, 0.4) is 0 Å². The number of nitriles is 1. The Labute approximate surface area is 100 Å². The molecule has 6 heteroatoms. The van der Waals surface area contributed by atoms with Gasteiger partial charge in [-0.2, -0.15) is 5.26 Å². The molecule has 0 radical (unpaired) electrons. The lowest BCUT2D eigenvalue weighted by Gasteiger charge is -2.07. The van der Waals surface area contributed by atoms with Crippen molar-refractivity contribution in [2.45, 2.75) is 0 Å². The molecule has 3 N–H and O–H groups in total. The van der Waals surface area contributed by atoms with Gasteiger partial charge in [-0.05, 0) is 12.1 Å². The first-order valence-corrected chi connectivity index (χ1v) is 5.25. The highest BCUT2D eigenvalue weighted by Gasteiger charge is 2.01. The third kappa shape index (κ3) is 4.68. The number of hydrogen-bond donors (Lipinski definition) is 2. The molecule has 0 spiro atoms. The SMILES string of the molecule is COCCOCCNc1ccc(N)c(C#N)n1. The molecule has 0 saturated heterocycles. The van der Waals surface area contributed by atoms with E-state index < -0.39 is 0 Å². The van der Waals surface area contributed by atoms with Crippen molar-refractivity contribution in [3.63, 3.8) is 0 Å². The van der Waals surface area contributed by atoms with Gasteiger partial charge in [0.05, 0.1) is 25.5 Å². The van der Waals surface area contributed by atoms with Gasteiger partial charge in [-0.3, -0.25) is 0 Å². The molecular weight excluding hydrogens is 220 g/mol. The maximum atomic E-state index is 8.75. The van der Waals surface area contributed by atoms with Crippen LogP contribution < -0.4 is 11.1 Å². The summed E-state index contributed by atoms with van der Waals surface area (Å²) in [6, 6.07) is 5.31. The molecule has 0 saturated carbocycles. The fraction of sp³-hybridized carbons (Fsp3) is 0.455. The summed E-state index contributed by atoms with van der Waals surface area (Å²) in [6.45, 7) is 2.32. The average molecular weight is 236 g/mol. The fourth-order valence-electron chi connectivity index (χ4n) is 1.15. The van der Waals surface area contributed by atoms with Crippen LogP contribution in [0, 0.1) is 11.3 Å². The first-order valence-electron chi connectivity index (χ1n) is 5.25. The lowest BCUT2D eigenvalue weighted by atomic mass is 10.3. The molecule has 1 aromatic heterocycles. The van der Waals surface area contributed by atoms with Crippen LogP contribution in [-0.2, 0) is 9.47 Å². The summed E-state index contributed by atoms with van der Waals surface area (Å²) >= 11 is 0. The molecule has 0 atom stereocenters. The van der Waals surface area contributed by atoms with Gasteiger partial charge in [-0.1, -0.05) is 0 Å². The van der Waals surface area contributed by atoms with Gasteiger partial charge in [0.25, 0.3) is 0 Å². The molecule has 0 aliphatic carbocycles. The smallest absolute Gasteiger partial charge is 0.165 e. The predicted molar refractivity (Wildman–Crippen MR) is 64.5 cm³/mol. The molecular formula is C11H16N4O2. The first-order chi connectivity index (χ1) is 8.27. The van der Waals surface area contributed by atoms with Crippen LogP contribution in [0.2, 0.25) is 0 Å². The number of nitrogens with one attached hydrogen (secondary N) is 1. The van der Waals surface area contributed by atoms with E-state index in [0.29, 0.717) is 37.9 Å². The Hall–Kier alpha value is -1.84. The van der Waals surface area contributed by atoms with E-state index >= 15 is 0 Å². The van der Waals surface area contributed by atoms with E-state index in [1.807, 2.05) is 6.07 Å². The van der Waals surface area contributed by atoms with Crippen molar-refractivity contribution in [3.8, 4) is 6.07 Å². The fourth-order valence-corrected chi connectivity index (χ4v) is 1.15. The maximum Gasteiger partial charge on any atom is 0.165 e. The van der Waals surface area contributed by atoms with E-state index in [0.717, 1.165) is 0 Å². The van der Waals surface area contributed by atoms with Gasteiger partial charge in [-0.15, -0.1) is 0 Å². The van der Waals surface area contributed by atoms with Crippen molar-refractivity contribution >= 4 is 11.5 Å². The highest BCUT2D eigenvalue weighted by Crippen LogP contribution is 2.11. The van der Waals surface area contributed by atoms with Crippen molar-refractivity contribution in [3.05, 3.63) is 17.8 Å². The van der Waals surface area contributed by atoms with Gasteiger partial charge in [0.1, 0.15) is 11.9 Å². The second-order valence-corrected chi connectivity index (χ2v) is 3.28. The van der Waals surface area contributed by atoms with Crippen molar-refractivity contribution in [2.75, 3.05) is 44.5 Å². The molecule has 1 rings (SSSR count). The Bertz CT molecular complexity index is 390. The number of nitrogen functional groups attached to an aromatic ring is 1. The molecule has 0 amide bonds. The minimum absolute atomic E-state index is 0.232. The summed E-state index contributed by atoms with van der Waals surface area (Å²) in [5.74, 6) is 0.617. The number of methoxy groups -OCH3 is 1. The van der Waals surface area contributed by atoms with Crippen LogP contribution in [0.1, 0.15) is 5.69 Å². The van der Waals surface area contributed by atoms with Gasteiger partial charge in [0.15, 0.2) is 5.69 Å². The summed E-state index contributed by atoms with van der Waals surface area (Å²) in [5, 5.41) is 11.8. The molecule has 0 aliphatic rings. The van der Waals surface area contributed by atoms with Crippen LogP contribution >= 0.6 is 0 Å². The summed E-state index contributed by atoms with van der Waals surface area (Å²) in [7, 11) is 1.63. The molecule has 0 aliphatic heterocycles. The molecule has 6 nitrogen and oxygen atoms in total. The molecule has 0 fully saturated rings. The standard InChI is InChI=1S/C11H16N4O2/c1-16-6-7-17-5-4-14-11-3-2-9(13)10(8-12)15-11/h2-3H,4-7,13H2,1H3,(H,14,15). The van der Waals surface area contributed by atoms with Crippen LogP contribution in [0.5, 0.6) is 0 Å². The minimum atomic E-state index is 0.232. The zero-order chi connectivity index (χ0) is 12.5. The number of ether oxygens (including phenoxy) is 2. The molecule has 17 heavy (non-hydrogen) atoms. The number of pyridine rings is 1. The van der Waals surface area contributed by atoms with Crippen molar-refractivity contribution in [1.82, 2.24) is 4.98 Å². The van der Waals surface area contributed by atoms with E-state index in [1.54, 1.807) is 19.2 Å². The zero-order valence-corrected chi connectivity index (χ0v) is 9.77. The number of aromatic nitrogens is 1. The van der Waals surface area contributed by atoms with E-state index in [2.05, 4.69) is 10.3 Å². The molecule has 1 aromatic rings. The van der Waals surface area contributed by atoms with E-state index in [4.69, 9.17) is 20.5 Å². The van der Waals surface area contributed by atoms with Gasteiger partial charge in [-0.25, -0.2) is 4.98 Å². The second-order valence-electron chi connectivity index (χ2n) is 3.28. The Balaban J connectivity index is 2.30. The Morgan fingerprint density at radius 2 is 2.24 bits per heavy atom. The summed E-state index contributed by atoms with van der Waals surface area (Å²) in [5.41, 5.74) is 6.17. The van der Waals surface area contributed by atoms with E-state index in [-0.39, 0.29) is 5.69 Å². The molecule has 92 valence electrons. The highest BCUT2D eigenvalue weighted by molar-refractivity contribution is 5.54. The second kappa shape index (κ2) is 7.44. The number of hydrogen-bond acceptors (Lipinski definition) is 6. The summed E-state index contributed by atoms with van der Waals surface area (Å²) < 4.78 is 10.1. The Morgan fingerprint density at radius 1 is 1.41 bits per heavy atom. The summed E-state index contributed by atoms with van der Waals surface area (Å²) in [4.78, 5) is 4.05. The van der Waals surface area contributed by atoms with Gasteiger partial charge in [0.2, 0.25) is 0 Å². The maximum absolute atomic E-state index is 8.75. The summed E-state index contributed by atoms with van der Waals surface area (Å²) in [6.07, 6.45) is 0. The average Bonchev–Trinajstić information content (AvgIpc) is 2.35. The van der Waals surface area contributed by atoms with E-state index in [1.165, 1.54) is 0 Å². The monoisotopic (exact) mass is 236 g/mol. The topological polar surface area (TPSA) is 93.2 Å². The third-order valence-electron chi connectivity index (χ3n) is 2.02. The Morgan fingerprint density at radius 3 is 2.94 bits per heavy atom. The lowest BCUT2D eigenvalue weighted by Crippen LogP contribution is -2.13. The minimum Gasteiger partial charge on any atom is -0.396 e. The van der Waals surface area contributed by atoms with Gasteiger partial charge < -0.3 is 20.5 Å². The van der Waals surface area contributed by atoms with Crippen molar-refractivity contribution in [2.24, 2.45) is 0 Å². The third-order valence-corrected chi connectivity index (χ3v) is 2.02. The number of anilines is 2. The van der Waals surface area contributed by atoms with Gasteiger partial charge in [0, 0.05) is 13.7 Å². The number of nitrogens with two attached hydrogens (primary N) is 1. The van der Waals surface area contributed by atoms with Crippen LogP contribution in [0.15, 0.2) is 12.1 Å². The number of nitrogens with zero attached hydrogens (tertiary/aromatic N) is 2. The predicted octanol–water partition coefficient (Wildman–Crippen LogP) is 0.610.